The van der Waals surface area contributed by atoms with E-state index in [2.05, 4.69) is 5.32 Å². The molecule has 0 radical (unpaired) electrons. The lowest BCUT2D eigenvalue weighted by molar-refractivity contribution is -0.144. The number of anilines is 1. The highest BCUT2D eigenvalue weighted by atomic mass is 19.4. The molecule has 0 amide bonds. The summed E-state index contributed by atoms with van der Waals surface area (Å²) in [6.07, 6.45) is -4.55. The summed E-state index contributed by atoms with van der Waals surface area (Å²) in [6, 6.07) is 1.53. The van der Waals surface area contributed by atoms with Crippen molar-refractivity contribution in [3.05, 3.63) is 29.3 Å². The molecule has 0 aliphatic carbocycles. The van der Waals surface area contributed by atoms with E-state index in [0.29, 0.717) is 0 Å². The van der Waals surface area contributed by atoms with Gasteiger partial charge in [-0.3, -0.25) is 0 Å². The molecular formula is C13H12F3NO4. The Morgan fingerprint density at radius 1 is 1.48 bits per heavy atom. The average Bonchev–Trinajstić information content (AvgIpc) is 2.57. The van der Waals surface area contributed by atoms with Crippen LogP contribution in [-0.4, -0.2) is 31.2 Å². The molecule has 0 saturated carbocycles. The van der Waals surface area contributed by atoms with Crippen LogP contribution in [0, 0.1) is 0 Å². The summed E-state index contributed by atoms with van der Waals surface area (Å²) in [5, 5.41) is 2.57. The van der Waals surface area contributed by atoms with Gasteiger partial charge in [0.15, 0.2) is 6.04 Å². The Labute approximate surface area is 118 Å². The first-order valence-electron chi connectivity index (χ1n) is 6.14. The van der Waals surface area contributed by atoms with Gasteiger partial charge in [0.2, 0.25) is 0 Å². The molecule has 1 unspecified atom stereocenters. The number of benzene rings is 1. The Balaban J connectivity index is 2.36. The van der Waals surface area contributed by atoms with Gasteiger partial charge in [-0.1, -0.05) is 0 Å². The molecule has 5 nitrogen and oxygen atoms in total. The number of fused-ring (bicyclic) bond motifs is 1. The number of rotatable bonds is 2. The summed E-state index contributed by atoms with van der Waals surface area (Å²) < 4.78 is 47.7. The van der Waals surface area contributed by atoms with Crippen LogP contribution in [0.4, 0.5) is 18.9 Å². The SMILES string of the molecule is CCOC(=O)C1COC(=O)c2ccc(C(F)(F)F)cc2N1. The van der Waals surface area contributed by atoms with Crippen LogP contribution < -0.4 is 5.32 Å². The van der Waals surface area contributed by atoms with Crippen LogP contribution in [0.25, 0.3) is 0 Å². The zero-order valence-corrected chi connectivity index (χ0v) is 11.0. The van der Waals surface area contributed by atoms with Gasteiger partial charge in [0, 0.05) is 0 Å². The summed E-state index contributed by atoms with van der Waals surface area (Å²) in [6.45, 7) is 1.39. The molecule has 1 aromatic carbocycles. The Morgan fingerprint density at radius 3 is 2.81 bits per heavy atom. The predicted molar refractivity (Wildman–Crippen MR) is 65.8 cm³/mol. The molecule has 0 spiro atoms. The quantitative estimate of drug-likeness (QED) is 0.849. The van der Waals surface area contributed by atoms with Gasteiger partial charge in [-0.2, -0.15) is 13.2 Å². The molecule has 1 aliphatic rings. The van der Waals surface area contributed by atoms with Crippen LogP contribution in [0.3, 0.4) is 0 Å². The third-order valence-electron chi connectivity index (χ3n) is 2.85. The van der Waals surface area contributed by atoms with Crippen molar-refractivity contribution in [2.45, 2.75) is 19.1 Å². The fourth-order valence-corrected chi connectivity index (χ4v) is 1.85. The van der Waals surface area contributed by atoms with Crippen molar-refractivity contribution in [2.75, 3.05) is 18.5 Å². The van der Waals surface area contributed by atoms with Crippen LogP contribution in [0.1, 0.15) is 22.8 Å². The average molecular weight is 303 g/mol. The Bertz CT molecular complexity index is 571. The van der Waals surface area contributed by atoms with Crippen molar-refractivity contribution in [1.82, 2.24) is 0 Å². The van der Waals surface area contributed by atoms with E-state index >= 15 is 0 Å². The van der Waals surface area contributed by atoms with Crippen molar-refractivity contribution in [2.24, 2.45) is 0 Å². The topological polar surface area (TPSA) is 64.6 Å². The summed E-state index contributed by atoms with van der Waals surface area (Å²) in [4.78, 5) is 23.3. The van der Waals surface area contributed by atoms with E-state index in [4.69, 9.17) is 9.47 Å². The molecule has 1 atom stereocenters. The van der Waals surface area contributed by atoms with Crippen molar-refractivity contribution in [3.63, 3.8) is 0 Å². The third-order valence-corrected chi connectivity index (χ3v) is 2.85. The molecule has 114 valence electrons. The van der Waals surface area contributed by atoms with Crippen LogP contribution >= 0.6 is 0 Å². The smallest absolute Gasteiger partial charge is 0.416 e. The molecule has 0 bridgehead atoms. The predicted octanol–water partition coefficient (Wildman–Crippen LogP) is 2.22. The molecule has 1 aliphatic heterocycles. The fourth-order valence-electron chi connectivity index (χ4n) is 1.85. The standard InChI is InChI=1S/C13H12F3NO4/c1-2-20-12(19)10-6-21-11(18)8-4-3-7(13(14,15)16)5-9(8)17-10/h3-5,10,17H,2,6H2,1H3. The van der Waals surface area contributed by atoms with Crippen molar-refractivity contribution in [3.8, 4) is 0 Å². The summed E-state index contributed by atoms with van der Waals surface area (Å²) >= 11 is 0. The number of carbonyl (C=O) groups is 2. The molecule has 8 heteroatoms. The highest BCUT2D eigenvalue weighted by molar-refractivity contribution is 5.98. The lowest BCUT2D eigenvalue weighted by Crippen LogP contribution is -2.34. The van der Waals surface area contributed by atoms with Crippen LogP contribution in [0.15, 0.2) is 18.2 Å². The molecule has 0 fully saturated rings. The highest BCUT2D eigenvalue weighted by Crippen LogP contribution is 2.33. The zero-order chi connectivity index (χ0) is 15.6. The van der Waals surface area contributed by atoms with E-state index in [0.717, 1.165) is 18.2 Å². The normalized spacial score (nSPS) is 18.1. The van der Waals surface area contributed by atoms with Crippen LogP contribution in [0.2, 0.25) is 0 Å². The van der Waals surface area contributed by atoms with Crippen molar-refractivity contribution < 1.29 is 32.2 Å². The lowest BCUT2D eigenvalue weighted by atomic mass is 10.1. The second-order valence-electron chi connectivity index (χ2n) is 4.31. The van der Waals surface area contributed by atoms with Gasteiger partial charge in [0.25, 0.3) is 0 Å². The van der Waals surface area contributed by atoms with Crippen LogP contribution in [-0.2, 0) is 20.4 Å². The summed E-state index contributed by atoms with van der Waals surface area (Å²) in [5.41, 5.74) is -1.09. The summed E-state index contributed by atoms with van der Waals surface area (Å²) in [7, 11) is 0. The summed E-state index contributed by atoms with van der Waals surface area (Å²) in [5.74, 6) is -1.49. The number of hydrogen-bond donors (Lipinski definition) is 1. The molecule has 1 N–H and O–H groups in total. The number of cyclic esters (lactones) is 1. The molecule has 1 heterocycles. The van der Waals surface area contributed by atoms with Gasteiger partial charge in [0.05, 0.1) is 23.4 Å². The number of ether oxygens (including phenoxy) is 2. The molecule has 21 heavy (non-hydrogen) atoms. The first-order chi connectivity index (χ1) is 9.82. The van der Waals surface area contributed by atoms with E-state index in [1.165, 1.54) is 0 Å². The Kier molecular flexibility index (Phi) is 4.06. The van der Waals surface area contributed by atoms with Crippen molar-refractivity contribution in [1.29, 1.82) is 0 Å². The number of nitrogens with one attached hydrogen (secondary N) is 1. The first-order valence-corrected chi connectivity index (χ1v) is 6.14. The minimum absolute atomic E-state index is 0.0604. The molecular weight excluding hydrogens is 291 g/mol. The molecule has 1 aromatic rings. The number of carbonyl (C=O) groups excluding carboxylic acids is 2. The van der Waals surface area contributed by atoms with Gasteiger partial charge >= 0.3 is 18.1 Å². The van der Waals surface area contributed by atoms with E-state index in [1.54, 1.807) is 6.92 Å². The van der Waals surface area contributed by atoms with E-state index < -0.39 is 29.7 Å². The second kappa shape index (κ2) is 5.63. The first kappa shape index (κ1) is 15.1. The van der Waals surface area contributed by atoms with Gasteiger partial charge in [-0.05, 0) is 25.1 Å². The number of hydrogen-bond acceptors (Lipinski definition) is 5. The minimum Gasteiger partial charge on any atom is -0.464 e. The lowest BCUT2D eigenvalue weighted by Gasteiger charge is -2.16. The van der Waals surface area contributed by atoms with Crippen LogP contribution in [0.5, 0.6) is 0 Å². The number of alkyl halides is 3. The van der Waals surface area contributed by atoms with Gasteiger partial charge in [-0.25, -0.2) is 9.59 Å². The maximum atomic E-state index is 12.7. The Morgan fingerprint density at radius 2 is 2.19 bits per heavy atom. The second-order valence-corrected chi connectivity index (χ2v) is 4.31. The number of halogens is 3. The van der Waals surface area contributed by atoms with E-state index in [-0.39, 0.29) is 24.5 Å². The van der Waals surface area contributed by atoms with E-state index in [9.17, 15) is 22.8 Å². The zero-order valence-electron chi connectivity index (χ0n) is 11.0. The van der Waals surface area contributed by atoms with Crippen molar-refractivity contribution >= 4 is 17.6 Å². The fraction of sp³-hybridized carbons (Fsp3) is 0.385. The van der Waals surface area contributed by atoms with E-state index in [1.807, 2.05) is 0 Å². The van der Waals surface area contributed by atoms with Gasteiger partial charge in [-0.15, -0.1) is 0 Å². The highest BCUT2D eigenvalue weighted by Gasteiger charge is 2.34. The molecule has 0 saturated heterocycles. The Hall–Kier alpha value is -2.25. The minimum atomic E-state index is -4.55. The number of esters is 2. The molecule has 2 rings (SSSR count). The molecule has 0 aromatic heterocycles. The van der Waals surface area contributed by atoms with Gasteiger partial charge in [0.1, 0.15) is 6.61 Å². The monoisotopic (exact) mass is 303 g/mol. The third kappa shape index (κ3) is 3.26. The van der Waals surface area contributed by atoms with Gasteiger partial charge < -0.3 is 14.8 Å². The largest absolute Gasteiger partial charge is 0.464 e. The maximum Gasteiger partial charge on any atom is 0.416 e. The maximum absolute atomic E-state index is 12.7.